The van der Waals surface area contributed by atoms with Gasteiger partial charge in [-0.2, -0.15) is 0 Å². The van der Waals surface area contributed by atoms with Crippen LogP contribution in [0, 0.1) is 0 Å². The fraction of sp³-hybridized carbons (Fsp3) is 0.0588. The van der Waals surface area contributed by atoms with Crippen molar-refractivity contribution in [3.8, 4) is 11.1 Å². The van der Waals surface area contributed by atoms with E-state index in [2.05, 4.69) is 6.07 Å². The van der Waals surface area contributed by atoms with Crippen LogP contribution in [0.15, 0.2) is 54.6 Å². The predicted octanol–water partition coefficient (Wildman–Crippen LogP) is 5.27. The Morgan fingerprint density at radius 2 is 1.55 bits per heavy atom. The first-order valence-electron chi connectivity index (χ1n) is 6.37. The smallest absolute Gasteiger partial charge is 0.0484 e. The Morgan fingerprint density at radius 1 is 0.800 bits per heavy atom. The second-order valence-electron chi connectivity index (χ2n) is 4.65. The topological polar surface area (TPSA) is 26.0 Å². The fourth-order valence-corrected chi connectivity index (χ4v) is 2.88. The molecule has 0 spiro atoms. The summed E-state index contributed by atoms with van der Waals surface area (Å²) in [5.74, 6) is 0. The lowest BCUT2D eigenvalue weighted by molar-refractivity contribution is 1.07. The summed E-state index contributed by atoms with van der Waals surface area (Å²) in [5, 5.41) is 3.63. The lowest BCUT2D eigenvalue weighted by atomic mass is 9.97. The summed E-state index contributed by atoms with van der Waals surface area (Å²) in [4.78, 5) is 0. The van der Waals surface area contributed by atoms with Gasteiger partial charge in [-0.05, 0) is 34.2 Å². The molecule has 0 radical (unpaired) electrons. The van der Waals surface area contributed by atoms with Gasteiger partial charge in [0.25, 0.3) is 0 Å². The highest BCUT2D eigenvalue weighted by Crippen LogP contribution is 2.34. The third kappa shape index (κ3) is 2.29. The highest BCUT2D eigenvalue weighted by atomic mass is 35.5. The monoisotopic (exact) mass is 301 g/mol. The van der Waals surface area contributed by atoms with Crippen LogP contribution in [-0.4, -0.2) is 0 Å². The van der Waals surface area contributed by atoms with Crippen molar-refractivity contribution in [1.82, 2.24) is 0 Å². The number of halogens is 2. The van der Waals surface area contributed by atoms with E-state index in [1.807, 2.05) is 48.5 Å². The molecule has 0 atom stereocenters. The summed E-state index contributed by atoms with van der Waals surface area (Å²) in [6, 6.07) is 18.0. The summed E-state index contributed by atoms with van der Waals surface area (Å²) >= 11 is 12.5. The maximum atomic E-state index is 6.26. The molecule has 0 unspecified atom stereocenters. The Hall–Kier alpha value is -1.54. The van der Waals surface area contributed by atoms with E-state index in [1.54, 1.807) is 0 Å². The second-order valence-corrected chi connectivity index (χ2v) is 5.47. The van der Waals surface area contributed by atoms with Crippen LogP contribution in [0.4, 0.5) is 0 Å². The van der Waals surface area contributed by atoms with E-state index < -0.39 is 0 Å². The van der Waals surface area contributed by atoms with Gasteiger partial charge in [-0.15, -0.1) is 0 Å². The minimum absolute atomic E-state index is 0.445. The molecule has 0 heterocycles. The van der Waals surface area contributed by atoms with Crippen LogP contribution in [0.5, 0.6) is 0 Å². The highest BCUT2D eigenvalue weighted by molar-refractivity contribution is 6.36. The molecule has 0 amide bonds. The van der Waals surface area contributed by atoms with Crippen LogP contribution in [0.25, 0.3) is 21.9 Å². The maximum Gasteiger partial charge on any atom is 0.0484 e. The molecule has 0 bridgehead atoms. The third-order valence-electron chi connectivity index (χ3n) is 3.45. The van der Waals surface area contributed by atoms with Gasteiger partial charge in [-0.25, -0.2) is 0 Å². The van der Waals surface area contributed by atoms with E-state index in [0.29, 0.717) is 11.6 Å². The van der Waals surface area contributed by atoms with Gasteiger partial charge in [-0.3, -0.25) is 0 Å². The van der Waals surface area contributed by atoms with Crippen molar-refractivity contribution >= 4 is 34.0 Å². The minimum atomic E-state index is 0.445. The normalized spacial score (nSPS) is 10.9. The van der Waals surface area contributed by atoms with Gasteiger partial charge in [0.15, 0.2) is 0 Å². The number of benzene rings is 3. The summed E-state index contributed by atoms with van der Waals surface area (Å²) in [5.41, 5.74) is 8.79. The molecule has 2 N–H and O–H groups in total. The van der Waals surface area contributed by atoms with E-state index in [0.717, 1.165) is 32.5 Å². The van der Waals surface area contributed by atoms with E-state index in [-0.39, 0.29) is 0 Å². The first kappa shape index (κ1) is 13.4. The number of fused-ring (bicyclic) bond motifs is 1. The molecule has 1 nitrogen and oxygen atoms in total. The molecule has 20 heavy (non-hydrogen) atoms. The van der Waals surface area contributed by atoms with Crippen molar-refractivity contribution in [1.29, 1.82) is 0 Å². The van der Waals surface area contributed by atoms with E-state index in [1.165, 1.54) is 0 Å². The SMILES string of the molecule is NCc1ccc(-c2ccc(Cl)c3ccccc23)cc1Cl. The second kappa shape index (κ2) is 5.45. The standard InChI is InChI=1S/C17H13Cl2N/c18-16-8-7-13(14-3-1-2-4-15(14)16)11-5-6-12(10-20)17(19)9-11/h1-9H,10,20H2. The van der Waals surface area contributed by atoms with Gasteiger partial charge in [0, 0.05) is 22.0 Å². The van der Waals surface area contributed by atoms with Crippen LogP contribution in [0.3, 0.4) is 0 Å². The molecule has 3 aromatic carbocycles. The summed E-state index contributed by atoms with van der Waals surface area (Å²) in [7, 11) is 0. The molecule has 100 valence electrons. The molecule has 0 aliphatic carbocycles. The largest absolute Gasteiger partial charge is 0.326 e. The number of nitrogens with two attached hydrogens (primary N) is 1. The Morgan fingerprint density at radius 3 is 2.25 bits per heavy atom. The number of hydrogen-bond acceptors (Lipinski definition) is 1. The van der Waals surface area contributed by atoms with Gasteiger partial charge in [0.05, 0.1) is 0 Å². The number of rotatable bonds is 2. The van der Waals surface area contributed by atoms with E-state index >= 15 is 0 Å². The van der Waals surface area contributed by atoms with Crippen LogP contribution >= 0.6 is 23.2 Å². The lowest BCUT2D eigenvalue weighted by Crippen LogP contribution is -1.97. The third-order valence-corrected chi connectivity index (χ3v) is 4.14. The first-order valence-corrected chi connectivity index (χ1v) is 7.12. The van der Waals surface area contributed by atoms with Crippen molar-refractivity contribution < 1.29 is 0 Å². The minimum Gasteiger partial charge on any atom is -0.326 e. The molecule has 0 aliphatic rings. The molecule has 0 fully saturated rings. The lowest BCUT2D eigenvalue weighted by Gasteiger charge is -2.10. The van der Waals surface area contributed by atoms with Gasteiger partial charge in [0.1, 0.15) is 0 Å². The Kier molecular flexibility index (Phi) is 3.66. The predicted molar refractivity (Wildman–Crippen MR) is 87.3 cm³/mol. The summed E-state index contributed by atoms with van der Waals surface area (Å²) in [6.07, 6.45) is 0. The zero-order chi connectivity index (χ0) is 14.1. The molecular formula is C17H13Cl2N. The van der Waals surface area contributed by atoms with Crippen molar-refractivity contribution in [3.05, 3.63) is 70.2 Å². The van der Waals surface area contributed by atoms with Crippen molar-refractivity contribution in [2.75, 3.05) is 0 Å². The van der Waals surface area contributed by atoms with Gasteiger partial charge >= 0.3 is 0 Å². The van der Waals surface area contributed by atoms with Crippen LogP contribution in [0.1, 0.15) is 5.56 Å². The summed E-state index contributed by atoms with van der Waals surface area (Å²) in [6.45, 7) is 0.445. The molecular weight excluding hydrogens is 289 g/mol. The Labute approximate surface area is 127 Å². The molecule has 3 heteroatoms. The van der Waals surface area contributed by atoms with Crippen LogP contribution in [0.2, 0.25) is 10.0 Å². The van der Waals surface area contributed by atoms with Gasteiger partial charge in [-0.1, -0.05) is 65.7 Å². The van der Waals surface area contributed by atoms with Gasteiger partial charge in [0.2, 0.25) is 0 Å². The van der Waals surface area contributed by atoms with E-state index in [9.17, 15) is 0 Å². The quantitative estimate of drug-likeness (QED) is 0.685. The summed E-state index contributed by atoms with van der Waals surface area (Å²) < 4.78 is 0. The zero-order valence-electron chi connectivity index (χ0n) is 10.7. The van der Waals surface area contributed by atoms with Gasteiger partial charge < -0.3 is 5.73 Å². The Balaban J connectivity index is 2.25. The first-order chi connectivity index (χ1) is 9.70. The average Bonchev–Trinajstić information content (AvgIpc) is 2.48. The van der Waals surface area contributed by atoms with Crippen molar-refractivity contribution in [3.63, 3.8) is 0 Å². The van der Waals surface area contributed by atoms with Crippen LogP contribution in [-0.2, 0) is 6.54 Å². The number of hydrogen-bond donors (Lipinski definition) is 1. The maximum absolute atomic E-state index is 6.26. The fourth-order valence-electron chi connectivity index (χ4n) is 2.39. The highest BCUT2D eigenvalue weighted by Gasteiger charge is 2.08. The molecule has 0 aliphatic heterocycles. The average molecular weight is 302 g/mol. The molecule has 0 saturated carbocycles. The molecule has 0 aromatic heterocycles. The molecule has 3 rings (SSSR count). The molecule has 3 aromatic rings. The van der Waals surface area contributed by atoms with Crippen molar-refractivity contribution in [2.45, 2.75) is 6.54 Å². The van der Waals surface area contributed by atoms with E-state index in [4.69, 9.17) is 28.9 Å². The van der Waals surface area contributed by atoms with Crippen LogP contribution < -0.4 is 5.73 Å². The zero-order valence-corrected chi connectivity index (χ0v) is 12.2. The molecule has 0 saturated heterocycles. The van der Waals surface area contributed by atoms with Crippen molar-refractivity contribution in [2.24, 2.45) is 5.73 Å². The Bertz CT molecular complexity index is 781.